The van der Waals surface area contributed by atoms with Gasteiger partial charge in [-0.3, -0.25) is 20.3 Å². The van der Waals surface area contributed by atoms with Crippen LogP contribution in [0.4, 0.5) is 18.9 Å². The van der Waals surface area contributed by atoms with Gasteiger partial charge in [-0.2, -0.15) is 13.2 Å². The van der Waals surface area contributed by atoms with Gasteiger partial charge in [0.2, 0.25) is 5.91 Å². The first-order valence-electron chi connectivity index (χ1n) is 7.83. The molecule has 2 aromatic carbocycles. The Kier molecular flexibility index (Phi) is 4.14. The number of alkyl halides is 3. The fourth-order valence-electron chi connectivity index (χ4n) is 3.23. The molecule has 2 aromatic rings. The molecule has 1 atom stereocenters. The zero-order valence-corrected chi connectivity index (χ0v) is 14.0. The molecule has 1 fully saturated rings. The van der Waals surface area contributed by atoms with Gasteiger partial charge >= 0.3 is 6.18 Å². The molecule has 9 heteroatoms. The van der Waals surface area contributed by atoms with E-state index in [1.54, 1.807) is 13.8 Å². The smallest absolute Gasteiger partial charge is 0.287 e. The number of amides is 1. The fourth-order valence-corrected chi connectivity index (χ4v) is 3.23. The van der Waals surface area contributed by atoms with Crippen molar-refractivity contribution in [3.63, 3.8) is 0 Å². The van der Waals surface area contributed by atoms with Gasteiger partial charge in [-0.25, -0.2) is 5.01 Å². The molecule has 1 N–H and O–H groups in total. The Morgan fingerprint density at radius 3 is 2.35 bits per heavy atom. The molecule has 0 aromatic heterocycles. The number of hydrogen-bond donors (Lipinski definition) is 1. The number of nitro benzene ring substituents is 1. The normalized spacial score (nSPS) is 18.7. The van der Waals surface area contributed by atoms with Crippen LogP contribution in [0.15, 0.2) is 36.4 Å². The number of nitro groups is 1. The van der Waals surface area contributed by atoms with Crippen LogP contribution in [0, 0.1) is 15.5 Å². The van der Waals surface area contributed by atoms with E-state index in [-0.39, 0.29) is 17.5 Å². The second-order valence-corrected chi connectivity index (χ2v) is 6.88. The highest BCUT2D eigenvalue weighted by Gasteiger charge is 2.51. The van der Waals surface area contributed by atoms with E-state index in [9.17, 15) is 28.1 Å². The van der Waals surface area contributed by atoms with E-state index < -0.39 is 34.2 Å². The van der Waals surface area contributed by atoms with E-state index in [4.69, 9.17) is 0 Å². The van der Waals surface area contributed by atoms with Crippen LogP contribution in [0.3, 0.4) is 0 Å². The van der Waals surface area contributed by atoms with Gasteiger partial charge in [0.05, 0.1) is 15.7 Å². The third-order valence-corrected chi connectivity index (χ3v) is 4.45. The summed E-state index contributed by atoms with van der Waals surface area (Å²) in [5.74, 6) is -0.526. The first-order chi connectivity index (χ1) is 12.0. The SMILES string of the molecule is CC1(C)CN(C(c2cccc3cccc([N+](=O)[O-])c23)C(F)(F)F)NC1=O. The third-order valence-electron chi connectivity index (χ3n) is 4.45. The van der Waals surface area contributed by atoms with Crippen LogP contribution in [-0.2, 0) is 4.79 Å². The molecular weight excluding hydrogens is 351 g/mol. The Bertz CT molecular complexity index is 890. The maximum Gasteiger partial charge on any atom is 0.409 e. The second kappa shape index (κ2) is 5.94. The molecule has 1 amide bonds. The first kappa shape index (κ1) is 18.1. The van der Waals surface area contributed by atoms with Crippen LogP contribution in [-0.4, -0.2) is 28.6 Å². The van der Waals surface area contributed by atoms with E-state index >= 15 is 0 Å². The Morgan fingerprint density at radius 2 is 1.85 bits per heavy atom. The first-order valence-corrected chi connectivity index (χ1v) is 7.83. The van der Waals surface area contributed by atoms with Crippen molar-refractivity contribution in [2.24, 2.45) is 5.41 Å². The molecule has 1 saturated heterocycles. The molecule has 0 spiro atoms. The van der Waals surface area contributed by atoms with Crippen molar-refractivity contribution < 1.29 is 22.9 Å². The molecular formula is C17H16F3N3O3. The number of benzene rings is 2. The number of carbonyl (C=O) groups is 1. The van der Waals surface area contributed by atoms with E-state index in [2.05, 4.69) is 5.43 Å². The van der Waals surface area contributed by atoms with Gasteiger partial charge in [0.15, 0.2) is 6.04 Å². The van der Waals surface area contributed by atoms with Crippen LogP contribution >= 0.6 is 0 Å². The summed E-state index contributed by atoms with van der Waals surface area (Å²) < 4.78 is 41.8. The summed E-state index contributed by atoms with van der Waals surface area (Å²) in [7, 11) is 0. The van der Waals surface area contributed by atoms with E-state index in [0.29, 0.717) is 5.39 Å². The number of halogens is 3. The van der Waals surface area contributed by atoms with Gasteiger partial charge in [-0.1, -0.05) is 30.3 Å². The minimum absolute atomic E-state index is 0.0821. The van der Waals surface area contributed by atoms with Crippen molar-refractivity contribution in [3.8, 4) is 0 Å². The molecule has 0 radical (unpaired) electrons. The monoisotopic (exact) mass is 367 g/mol. The zero-order valence-electron chi connectivity index (χ0n) is 14.0. The molecule has 0 bridgehead atoms. The minimum atomic E-state index is -4.74. The highest BCUT2D eigenvalue weighted by Crippen LogP contribution is 2.44. The maximum atomic E-state index is 13.9. The average Bonchev–Trinajstić information content (AvgIpc) is 2.78. The number of hydrazine groups is 1. The van der Waals surface area contributed by atoms with Crippen molar-refractivity contribution in [1.29, 1.82) is 0 Å². The van der Waals surface area contributed by atoms with Crippen molar-refractivity contribution in [3.05, 3.63) is 52.1 Å². The van der Waals surface area contributed by atoms with Crippen LogP contribution in [0.1, 0.15) is 25.5 Å². The van der Waals surface area contributed by atoms with Crippen molar-refractivity contribution in [2.45, 2.75) is 26.1 Å². The summed E-state index contributed by atoms with van der Waals surface area (Å²) in [6, 6.07) is 6.07. The van der Waals surface area contributed by atoms with Gasteiger partial charge < -0.3 is 0 Å². The number of hydrogen-bond acceptors (Lipinski definition) is 4. The number of carbonyl (C=O) groups excluding carboxylic acids is 1. The van der Waals surface area contributed by atoms with Gasteiger partial charge in [0.25, 0.3) is 5.69 Å². The van der Waals surface area contributed by atoms with Gasteiger partial charge in [-0.05, 0) is 24.8 Å². The quantitative estimate of drug-likeness (QED) is 0.663. The Morgan fingerprint density at radius 1 is 1.23 bits per heavy atom. The summed E-state index contributed by atoms with van der Waals surface area (Å²) in [6.07, 6.45) is -4.74. The van der Waals surface area contributed by atoms with E-state index in [1.165, 1.54) is 36.4 Å². The lowest BCUT2D eigenvalue weighted by Gasteiger charge is -2.30. The van der Waals surface area contributed by atoms with Crippen LogP contribution < -0.4 is 5.43 Å². The molecule has 0 aliphatic carbocycles. The molecule has 1 aliphatic heterocycles. The third kappa shape index (κ3) is 2.98. The fraction of sp³-hybridized carbons (Fsp3) is 0.353. The molecule has 6 nitrogen and oxygen atoms in total. The summed E-state index contributed by atoms with van der Waals surface area (Å²) in [4.78, 5) is 22.6. The predicted octanol–water partition coefficient (Wildman–Crippen LogP) is 3.72. The highest BCUT2D eigenvalue weighted by atomic mass is 19.4. The van der Waals surface area contributed by atoms with Crippen molar-refractivity contribution in [1.82, 2.24) is 10.4 Å². The molecule has 0 saturated carbocycles. The lowest BCUT2D eigenvalue weighted by molar-refractivity contribution is -0.383. The number of nitrogens with one attached hydrogen (secondary N) is 1. The molecule has 26 heavy (non-hydrogen) atoms. The summed E-state index contributed by atoms with van der Waals surface area (Å²) in [6.45, 7) is 2.91. The largest absolute Gasteiger partial charge is 0.409 e. The molecule has 1 heterocycles. The lowest BCUT2D eigenvalue weighted by Crippen LogP contribution is -2.43. The van der Waals surface area contributed by atoms with E-state index in [0.717, 1.165) is 5.01 Å². The Labute approximate surface area is 146 Å². The highest BCUT2D eigenvalue weighted by molar-refractivity contribution is 5.94. The number of fused-ring (bicyclic) bond motifs is 1. The topological polar surface area (TPSA) is 75.5 Å². The molecule has 3 rings (SSSR count). The average molecular weight is 367 g/mol. The molecule has 1 unspecified atom stereocenters. The number of rotatable bonds is 3. The van der Waals surface area contributed by atoms with Gasteiger partial charge in [0.1, 0.15) is 0 Å². The predicted molar refractivity (Wildman–Crippen MR) is 88.0 cm³/mol. The summed E-state index contributed by atoms with van der Waals surface area (Å²) in [5.41, 5.74) is 0.598. The van der Waals surface area contributed by atoms with Gasteiger partial charge in [-0.15, -0.1) is 0 Å². The lowest BCUT2D eigenvalue weighted by atomic mass is 9.92. The number of non-ortho nitro benzene ring substituents is 1. The minimum Gasteiger partial charge on any atom is -0.287 e. The zero-order chi connectivity index (χ0) is 19.3. The number of nitrogens with zero attached hydrogens (tertiary/aromatic N) is 2. The molecule has 1 aliphatic rings. The summed E-state index contributed by atoms with van der Waals surface area (Å²) >= 11 is 0. The van der Waals surface area contributed by atoms with Crippen molar-refractivity contribution in [2.75, 3.05) is 6.54 Å². The van der Waals surface area contributed by atoms with Gasteiger partial charge in [0, 0.05) is 12.6 Å². The Hall–Kier alpha value is -2.68. The summed E-state index contributed by atoms with van der Waals surface area (Å²) in [5, 5.41) is 12.4. The molecule has 138 valence electrons. The van der Waals surface area contributed by atoms with Crippen LogP contribution in [0.2, 0.25) is 0 Å². The van der Waals surface area contributed by atoms with E-state index in [1.807, 2.05) is 0 Å². The Balaban J connectivity index is 2.24. The maximum absolute atomic E-state index is 13.9. The van der Waals surface area contributed by atoms with Crippen LogP contribution in [0.5, 0.6) is 0 Å². The van der Waals surface area contributed by atoms with Crippen LogP contribution in [0.25, 0.3) is 10.8 Å². The second-order valence-electron chi connectivity index (χ2n) is 6.88. The van der Waals surface area contributed by atoms with Crippen molar-refractivity contribution >= 4 is 22.4 Å². The standard InChI is InChI=1S/C17H16F3N3O3/c1-16(2)9-22(21-15(16)24)14(17(18,19)20)11-7-3-5-10-6-4-8-12(13(10)11)23(25)26/h3-8,14H,9H2,1-2H3,(H,21,24).